The molecule has 2 aromatic rings. The molecule has 0 saturated heterocycles. The number of thiophene rings is 1. The highest BCUT2D eigenvalue weighted by Gasteiger charge is 2.25. The van der Waals surface area contributed by atoms with Gasteiger partial charge in [-0.3, -0.25) is 9.59 Å². The van der Waals surface area contributed by atoms with Crippen molar-refractivity contribution in [3.05, 3.63) is 52.5 Å². The monoisotopic (exact) mass is 414 g/mol. The molecule has 27 heavy (non-hydrogen) atoms. The number of amides is 1. The Bertz CT molecular complexity index is 883. The van der Waals surface area contributed by atoms with E-state index in [1.54, 1.807) is 0 Å². The fraction of sp³-hybridized carbons (Fsp3) is 0.294. The van der Waals surface area contributed by atoms with Crippen LogP contribution >= 0.6 is 11.3 Å². The minimum absolute atomic E-state index is 0.152. The summed E-state index contributed by atoms with van der Waals surface area (Å²) in [6.07, 6.45) is -1.07. The van der Waals surface area contributed by atoms with E-state index >= 15 is 0 Å². The fourth-order valence-electron chi connectivity index (χ4n) is 2.07. The topological polar surface area (TPSA) is 92.8 Å². The van der Waals surface area contributed by atoms with Crippen LogP contribution in [0.5, 0.6) is 0 Å². The maximum absolute atomic E-state index is 12.9. The maximum Gasteiger partial charge on any atom is 0.322 e. The summed E-state index contributed by atoms with van der Waals surface area (Å²) in [4.78, 5) is 24.7. The van der Waals surface area contributed by atoms with Crippen LogP contribution in [0.15, 0.2) is 46.7 Å². The van der Waals surface area contributed by atoms with Crippen molar-refractivity contribution in [1.82, 2.24) is 9.62 Å². The van der Waals surface area contributed by atoms with Gasteiger partial charge in [-0.05, 0) is 42.6 Å². The van der Waals surface area contributed by atoms with Crippen LogP contribution in [0.3, 0.4) is 0 Å². The summed E-state index contributed by atoms with van der Waals surface area (Å²) in [6, 6.07) is 7.95. The van der Waals surface area contributed by atoms with Gasteiger partial charge in [-0.25, -0.2) is 12.8 Å². The third kappa shape index (κ3) is 5.84. The minimum atomic E-state index is -3.98. The summed E-state index contributed by atoms with van der Waals surface area (Å²) < 4.78 is 43.4. The Balaban J connectivity index is 1.87. The minimum Gasteiger partial charge on any atom is -0.452 e. The van der Waals surface area contributed by atoms with Gasteiger partial charge in [0.05, 0.1) is 11.4 Å². The average Bonchev–Trinajstić information content (AvgIpc) is 3.13. The fourth-order valence-corrected chi connectivity index (χ4v) is 3.83. The van der Waals surface area contributed by atoms with Crippen LogP contribution < -0.4 is 5.32 Å². The first-order valence-corrected chi connectivity index (χ1v) is 10.2. The Morgan fingerprint density at radius 3 is 2.52 bits per heavy atom. The molecular formula is C17H19FN2O5S2. The number of nitrogens with one attached hydrogen (secondary N) is 1. The first kappa shape index (κ1) is 21.0. The maximum atomic E-state index is 12.9. The largest absolute Gasteiger partial charge is 0.452 e. The molecule has 1 amide bonds. The van der Waals surface area contributed by atoms with Crippen LogP contribution in [0.4, 0.5) is 4.39 Å². The average molecular weight is 414 g/mol. The van der Waals surface area contributed by atoms with Crippen molar-refractivity contribution in [2.75, 3.05) is 13.6 Å². The molecule has 1 aromatic carbocycles. The molecule has 7 nitrogen and oxygen atoms in total. The number of esters is 1. The number of benzene rings is 1. The first-order valence-electron chi connectivity index (χ1n) is 7.91. The van der Waals surface area contributed by atoms with Gasteiger partial charge in [0.1, 0.15) is 12.4 Å². The van der Waals surface area contributed by atoms with Crippen molar-refractivity contribution in [2.45, 2.75) is 24.5 Å². The highest BCUT2D eigenvalue weighted by Crippen LogP contribution is 2.15. The number of nitrogens with zero attached hydrogens (tertiary/aromatic N) is 1. The van der Waals surface area contributed by atoms with E-state index in [1.165, 1.54) is 25.3 Å². The van der Waals surface area contributed by atoms with Gasteiger partial charge >= 0.3 is 5.97 Å². The number of carbonyl (C=O) groups is 2. The van der Waals surface area contributed by atoms with E-state index in [2.05, 4.69) is 5.32 Å². The van der Waals surface area contributed by atoms with E-state index in [1.807, 2.05) is 17.5 Å². The van der Waals surface area contributed by atoms with Gasteiger partial charge in [0.2, 0.25) is 10.0 Å². The number of carbonyl (C=O) groups excluding carboxylic acids is 2. The Hall–Kier alpha value is -2.30. The van der Waals surface area contributed by atoms with E-state index in [0.717, 1.165) is 33.4 Å². The quantitative estimate of drug-likeness (QED) is 0.665. The highest BCUT2D eigenvalue weighted by molar-refractivity contribution is 7.89. The van der Waals surface area contributed by atoms with Gasteiger partial charge in [0.15, 0.2) is 6.10 Å². The van der Waals surface area contributed by atoms with E-state index in [4.69, 9.17) is 4.74 Å². The van der Waals surface area contributed by atoms with Crippen LogP contribution in [0.1, 0.15) is 11.8 Å². The number of halogens is 1. The molecular weight excluding hydrogens is 395 g/mol. The molecule has 10 heteroatoms. The van der Waals surface area contributed by atoms with E-state index in [9.17, 15) is 22.4 Å². The molecule has 0 aliphatic carbocycles. The van der Waals surface area contributed by atoms with Crippen LogP contribution in [0.25, 0.3) is 0 Å². The Morgan fingerprint density at radius 2 is 1.93 bits per heavy atom. The van der Waals surface area contributed by atoms with Crippen LogP contribution in [0, 0.1) is 5.82 Å². The van der Waals surface area contributed by atoms with Crippen LogP contribution in [-0.4, -0.2) is 44.3 Å². The SMILES string of the molecule is C[C@@H](OC(=O)CN(C)S(=O)(=O)c1ccc(F)cc1)C(=O)NCc1cccs1. The summed E-state index contributed by atoms with van der Waals surface area (Å²) >= 11 is 1.48. The standard InChI is InChI=1S/C17H19FN2O5S2/c1-12(17(22)19-10-14-4-3-9-26-14)25-16(21)11-20(2)27(23,24)15-7-5-13(18)6-8-15/h3-9,12H,10-11H2,1-2H3,(H,19,22)/t12-/m1/s1. The molecule has 1 N–H and O–H groups in total. The number of hydrogen-bond acceptors (Lipinski definition) is 6. The van der Waals surface area contributed by atoms with Crippen molar-refractivity contribution >= 4 is 33.2 Å². The zero-order chi connectivity index (χ0) is 20.0. The lowest BCUT2D eigenvalue weighted by Crippen LogP contribution is -2.39. The predicted octanol–water partition coefficient (Wildman–Crippen LogP) is 1.76. The Morgan fingerprint density at radius 1 is 1.26 bits per heavy atom. The first-order chi connectivity index (χ1) is 12.7. The van der Waals surface area contributed by atoms with E-state index in [-0.39, 0.29) is 4.90 Å². The second-order valence-electron chi connectivity index (χ2n) is 5.64. The lowest BCUT2D eigenvalue weighted by Gasteiger charge is -2.18. The highest BCUT2D eigenvalue weighted by atomic mass is 32.2. The zero-order valence-corrected chi connectivity index (χ0v) is 16.3. The van der Waals surface area contributed by atoms with Gasteiger partial charge in [-0.1, -0.05) is 6.07 Å². The van der Waals surface area contributed by atoms with Gasteiger partial charge in [0, 0.05) is 11.9 Å². The summed E-state index contributed by atoms with van der Waals surface area (Å²) in [5, 5.41) is 4.51. The number of ether oxygens (including phenoxy) is 1. The van der Waals surface area contributed by atoms with E-state index in [0.29, 0.717) is 6.54 Å². The Labute approximate surface area is 160 Å². The molecule has 0 aliphatic heterocycles. The molecule has 1 atom stereocenters. The molecule has 0 fully saturated rings. The molecule has 146 valence electrons. The number of likely N-dealkylation sites (N-methyl/N-ethyl adjacent to an activating group) is 1. The normalized spacial score (nSPS) is 12.6. The summed E-state index contributed by atoms with van der Waals surface area (Å²) in [7, 11) is -2.78. The van der Waals surface area contributed by atoms with Gasteiger partial charge in [-0.15, -0.1) is 11.3 Å². The molecule has 0 radical (unpaired) electrons. The van der Waals surface area contributed by atoms with Crippen molar-refractivity contribution in [3.63, 3.8) is 0 Å². The second kappa shape index (κ2) is 9.07. The third-order valence-electron chi connectivity index (χ3n) is 3.57. The van der Waals surface area contributed by atoms with Crippen molar-refractivity contribution in [3.8, 4) is 0 Å². The number of sulfonamides is 1. The molecule has 0 spiro atoms. The lowest BCUT2D eigenvalue weighted by molar-refractivity contribution is -0.154. The lowest BCUT2D eigenvalue weighted by atomic mass is 10.3. The van der Waals surface area contributed by atoms with Crippen molar-refractivity contribution in [1.29, 1.82) is 0 Å². The Kier molecular flexibility index (Phi) is 7.05. The van der Waals surface area contributed by atoms with Gasteiger partial charge in [0.25, 0.3) is 5.91 Å². The molecule has 0 aliphatic rings. The zero-order valence-electron chi connectivity index (χ0n) is 14.7. The summed E-state index contributed by atoms with van der Waals surface area (Å²) in [5.74, 6) is -1.93. The predicted molar refractivity (Wildman–Crippen MR) is 97.9 cm³/mol. The molecule has 0 bridgehead atoms. The van der Waals surface area contributed by atoms with Crippen LogP contribution in [-0.2, 0) is 30.9 Å². The second-order valence-corrected chi connectivity index (χ2v) is 8.72. The number of rotatable bonds is 8. The molecule has 2 rings (SSSR count). The summed E-state index contributed by atoms with van der Waals surface area (Å²) in [6.45, 7) is 1.13. The van der Waals surface area contributed by atoms with Gasteiger partial charge < -0.3 is 10.1 Å². The third-order valence-corrected chi connectivity index (χ3v) is 6.26. The molecule has 1 aromatic heterocycles. The molecule has 1 heterocycles. The van der Waals surface area contributed by atoms with Crippen molar-refractivity contribution < 1.29 is 27.1 Å². The number of hydrogen-bond donors (Lipinski definition) is 1. The van der Waals surface area contributed by atoms with Gasteiger partial charge in [-0.2, -0.15) is 4.31 Å². The van der Waals surface area contributed by atoms with Crippen LogP contribution in [0.2, 0.25) is 0 Å². The summed E-state index contributed by atoms with van der Waals surface area (Å²) in [5.41, 5.74) is 0. The van der Waals surface area contributed by atoms with E-state index < -0.39 is 40.4 Å². The van der Waals surface area contributed by atoms with Crippen molar-refractivity contribution in [2.24, 2.45) is 0 Å². The molecule has 0 unspecified atom stereocenters. The smallest absolute Gasteiger partial charge is 0.322 e. The molecule has 0 saturated carbocycles.